The molecule has 0 bridgehead atoms. The third kappa shape index (κ3) is 2.42. The molecule has 2 heteroatoms. The number of rotatable bonds is 3. The lowest BCUT2D eigenvalue weighted by atomic mass is 10.1. The quantitative estimate of drug-likeness (QED) is 0.621. The third-order valence-corrected chi connectivity index (χ3v) is 4.20. The molecule has 0 amide bonds. The maximum absolute atomic E-state index is 4.88. The monoisotopic (exact) mass is 298 g/mol. The molecule has 0 unspecified atom stereocenters. The van der Waals surface area contributed by atoms with Crippen LogP contribution in [0.3, 0.4) is 0 Å². The molecule has 0 aliphatic heterocycles. The lowest BCUT2D eigenvalue weighted by Crippen LogP contribution is -2.00. The van der Waals surface area contributed by atoms with Crippen molar-refractivity contribution in [2.24, 2.45) is 0 Å². The molecule has 1 aliphatic rings. The fourth-order valence-electron chi connectivity index (χ4n) is 3.01. The molecular formula is C21H18N2. The molecule has 0 radical (unpaired) electrons. The molecule has 4 rings (SSSR count). The zero-order chi connectivity index (χ0) is 15.6. The molecule has 0 atom stereocenters. The molecule has 1 aliphatic carbocycles. The molecule has 0 saturated carbocycles. The van der Waals surface area contributed by atoms with E-state index in [1.165, 1.54) is 5.70 Å². The van der Waals surface area contributed by atoms with Gasteiger partial charge in [0.2, 0.25) is 0 Å². The molecule has 1 aromatic heterocycles. The minimum Gasteiger partial charge on any atom is -0.293 e. The van der Waals surface area contributed by atoms with Crippen LogP contribution in [0.1, 0.15) is 18.4 Å². The van der Waals surface area contributed by atoms with Crippen LogP contribution in [-0.4, -0.2) is 9.55 Å². The first-order chi connectivity index (χ1) is 11.4. The van der Waals surface area contributed by atoms with Gasteiger partial charge in [0.25, 0.3) is 0 Å². The van der Waals surface area contributed by atoms with E-state index in [2.05, 4.69) is 71.8 Å². The Hall–Kier alpha value is -2.87. The minimum absolute atomic E-state index is 0.986. The Morgan fingerprint density at radius 1 is 1.00 bits per heavy atom. The predicted molar refractivity (Wildman–Crippen MR) is 97.9 cm³/mol. The van der Waals surface area contributed by atoms with Crippen molar-refractivity contribution in [2.45, 2.75) is 12.8 Å². The van der Waals surface area contributed by atoms with Gasteiger partial charge in [0, 0.05) is 11.3 Å². The number of para-hydroxylation sites is 2. The summed E-state index contributed by atoms with van der Waals surface area (Å²) in [6, 6.07) is 16.7. The van der Waals surface area contributed by atoms with Crippen molar-refractivity contribution in [1.29, 1.82) is 0 Å². The normalized spacial score (nSPS) is 14.0. The number of hydrogen-bond donors (Lipinski definition) is 0. The highest BCUT2D eigenvalue weighted by Gasteiger charge is 2.15. The molecule has 23 heavy (non-hydrogen) atoms. The van der Waals surface area contributed by atoms with E-state index in [9.17, 15) is 0 Å². The Morgan fingerprint density at radius 3 is 2.57 bits per heavy atom. The van der Waals surface area contributed by atoms with Gasteiger partial charge < -0.3 is 0 Å². The molecule has 112 valence electrons. The maximum atomic E-state index is 4.88. The Kier molecular flexibility index (Phi) is 3.43. The van der Waals surface area contributed by atoms with Gasteiger partial charge in [-0.1, -0.05) is 61.2 Å². The molecule has 0 spiro atoms. The number of nitrogens with zero attached hydrogens (tertiary/aromatic N) is 2. The zero-order valence-electron chi connectivity index (χ0n) is 12.9. The van der Waals surface area contributed by atoms with Crippen molar-refractivity contribution in [3.8, 4) is 11.4 Å². The van der Waals surface area contributed by atoms with E-state index < -0.39 is 0 Å². The standard InChI is InChI=1S/C21H18N2/c1-2-16-12-14-17(15-13-16)21-22-19-10-6-7-11-20(19)23(21)18-8-4-3-5-9-18/h2,4,6-15H,1,3,5H2. The van der Waals surface area contributed by atoms with Crippen LogP contribution in [0.15, 0.2) is 73.3 Å². The first kappa shape index (κ1) is 13.8. The van der Waals surface area contributed by atoms with Crippen LogP contribution in [0.4, 0.5) is 0 Å². The number of imidazole rings is 1. The van der Waals surface area contributed by atoms with E-state index in [1.807, 2.05) is 12.1 Å². The predicted octanol–water partition coefficient (Wildman–Crippen LogP) is 5.54. The van der Waals surface area contributed by atoms with Gasteiger partial charge in [-0.2, -0.15) is 0 Å². The average molecular weight is 298 g/mol. The van der Waals surface area contributed by atoms with Crippen molar-refractivity contribution in [3.05, 3.63) is 78.9 Å². The fraction of sp³-hybridized carbons (Fsp3) is 0.0952. The Bertz CT molecular complexity index is 924. The summed E-state index contributed by atoms with van der Waals surface area (Å²) in [5, 5.41) is 0. The van der Waals surface area contributed by atoms with Crippen molar-refractivity contribution >= 4 is 22.8 Å². The molecular weight excluding hydrogens is 280 g/mol. The Labute approximate surface area is 136 Å². The highest BCUT2D eigenvalue weighted by molar-refractivity contribution is 5.86. The van der Waals surface area contributed by atoms with Crippen LogP contribution in [-0.2, 0) is 0 Å². The summed E-state index contributed by atoms with van der Waals surface area (Å²) in [6.07, 6.45) is 10.8. The van der Waals surface area contributed by atoms with E-state index in [0.717, 1.165) is 40.8 Å². The maximum Gasteiger partial charge on any atom is 0.145 e. The van der Waals surface area contributed by atoms with Crippen LogP contribution in [0.2, 0.25) is 0 Å². The summed E-state index contributed by atoms with van der Waals surface area (Å²) in [5.74, 6) is 0.986. The molecule has 0 saturated heterocycles. The van der Waals surface area contributed by atoms with Crippen LogP contribution < -0.4 is 0 Å². The molecule has 1 heterocycles. The molecule has 2 aromatic carbocycles. The van der Waals surface area contributed by atoms with E-state index in [1.54, 1.807) is 0 Å². The highest BCUT2D eigenvalue weighted by Crippen LogP contribution is 2.30. The van der Waals surface area contributed by atoms with Crippen LogP contribution in [0.5, 0.6) is 0 Å². The smallest absolute Gasteiger partial charge is 0.145 e. The average Bonchev–Trinajstić information content (AvgIpc) is 3.02. The van der Waals surface area contributed by atoms with Crippen molar-refractivity contribution in [1.82, 2.24) is 9.55 Å². The first-order valence-corrected chi connectivity index (χ1v) is 7.94. The number of hydrogen-bond acceptors (Lipinski definition) is 1. The lowest BCUT2D eigenvalue weighted by molar-refractivity contribution is 1.01. The molecule has 2 nitrogen and oxygen atoms in total. The van der Waals surface area contributed by atoms with Gasteiger partial charge >= 0.3 is 0 Å². The topological polar surface area (TPSA) is 17.8 Å². The van der Waals surface area contributed by atoms with Gasteiger partial charge in [0.05, 0.1) is 11.0 Å². The van der Waals surface area contributed by atoms with Gasteiger partial charge in [-0.05, 0) is 36.6 Å². The zero-order valence-corrected chi connectivity index (χ0v) is 12.9. The second kappa shape index (κ2) is 5.73. The molecule has 0 fully saturated rings. The van der Waals surface area contributed by atoms with Crippen molar-refractivity contribution in [2.75, 3.05) is 0 Å². The Morgan fingerprint density at radius 2 is 1.83 bits per heavy atom. The SMILES string of the molecule is C=Cc1ccc(-c2nc3ccccc3n2C2=CCCC=C2)cc1. The number of fused-ring (bicyclic) bond motifs is 1. The summed E-state index contributed by atoms with van der Waals surface area (Å²) in [7, 11) is 0. The summed E-state index contributed by atoms with van der Waals surface area (Å²) in [6.45, 7) is 3.82. The van der Waals surface area contributed by atoms with Gasteiger partial charge in [0.1, 0.15) is 5.82 Å². The summed E-state index contributed by atoms with van der Waals surface area (Å²) >= 11 is 0. The number of aromatic nitrogens is 2. The van der Waals surface area contributed by atoms with Gasteiger partial charge in [-0.3, -0.25) is 4.57 Å². The molecule has 0 N–H and O–H groups in total. The summed E-state index contributed by atoms with van der Waals surface area (Å²) in [4.78, 5) is 4.88. The number of allylic oxidation sites excluding steroid dienone is 4. The largest absolute Gasteiger partial charge is 0.293 e. The highest BCUT2D eigenvalue weighted by atomic mass is 15.1. The van der Waals surface area contributed by atoms with Crippen molar-refractivity contribution < 1.29 is 0 Å². The second-order valence-electron chi connectivity index (χ2n) is 5.69. The minimum atomic E-state index is 0.986. The number of benzene rings is 2. The fourth-order valence-corrected chi connectivity index (χ4v) is 3.01. The van der Waals surface area contributed by atoms with Crippen LogP contribution >= 0.6 is 0 Å². The third-order valence-electron chi connectivity index (χ3n) is 4.20. The lowest BCUT2D eigenvalue weighted by Gasteiger charge is -2.13. The van der Waals surface area contributed by atoms with E-state index in [0.29, 0.717) is 0 Å². The molecule has 3 aromatic rings. The Balaban J connectivity index is 1.96. The van der Waals surface area contributed by atoms with Crippen LogP contribution in [0.25, 0.3) is 34.2 Å². The van der Waals surface area contributed by atoms with Crippen LogP contribution in [0, 0.1) is 0 Å². The first-order valence-electron chi connectivity index (χ1n) is 7.94. The van der Waals surface area contributed by atoms with Gasteiger partial charge in [-0.25, -0.2) is 4.98 Å². The van der Waals surface area contributed by atoms with E-state index in [-0.39, 0.29) is 0 Å². The van der Waals surface area contributed by atoms with Gasteiger partial charge in [-0.15, -0.1) is 0 Å². The van der Waals surface area contributed by atoms with E-state index >= 15 is 0 Å². The summed E-state index contributed by atoms with van der Waals surface area (Å²) in [5.41, 5.74) is 5.61. The van der Waals surface area contributed by atoms with Crippen molar-refractivity contribution in [3.63, 3.8) is 0 Å². The summed E-state index contributed by atoms with van der Waals surface area (Å²) < 4.78 is 2.26. The second-order valence-corrected chi connectivity index (χ2v) is 5.69. The van der Waals surface area contributed by atoms with E-state index in [4.69, 9.17) is 4.98 Å². The van der Waals surface area contributed by atoms with Gasteiger partial charge in [0.15, 0.2) is 0 Å².